The molecule has 1 saturated heterocycles. The van der Waals surface area contributed by atoms with E-state index in [0.717, 1.165) is 38.0 Å². The van der Waals surface area contributed by atoms with Crippen molar-refractivity contribution in [1.29, 1.82) is 0 Å². The molecule has 1 aliphatic heterocycles. The van der Waals surface area contributed by atoms with Crippen LogP contribution in [0.2, 0.25) is 0 Å². The second-order valence-electron chi connectivity index (χ2n) is 7.07. The van der Waals surface area contributed by atoms with Crippen LogP contribution in [0.1, 0.15) is 37.3 Å². The first-order valence-electron chi connectivity index (χ1n) is 9.10. The Morgan fingerprint density at radius 1 is 1.12 bits per heavy atom. The highest BCUT2D eigenvalue weighted by atomic mass is 16.4. The molecule has 130 valence electrons. The number of fused-ring (bicyclic) bond motifs is 1. The quantitative estimate of drug-likeness (QED) is 0.722. The fourth-order valence-corrected chi connectivity index (χ4v) is 4.01. The zero-order valence-corrected chi connectivity index (χ0v) is 14.6. The van der Waals surface area contributed by atoms with Gasteiger partial charge in [-0.1, -0.05) is 49.4 Å². The lowest BCUT2D eigenvalue weighted by Crippen LogP contribution is -2.40. The number of para-hydroxylation sites is 2. The van der Waals surface area contributed by atoms with E-state index in [4.69, 9.17) is 4.42 Å². The molecule has 0 spiro atoms. The molecule has 25 heavy (non-hydrogen) atoms. The number of rotatable bonds is 4. The van der Waals surface area contributed by atoms with Gasteiger partial charge in [-0.15, -0.1) is 0 Å². The Labute approximate surface area is 147 Å². The SMILES string of the molecule is C[C@@H](CN1CCC[C@@H](n2c(=O)oc3ccccc32)C1)c1ccccc1. The minimum atomic E-state index is -0.232. The highest BCUT2D eigenvalue weighted by Crippen LogP contribution is 2.26. The third kappa shape index (κ3) is 3.27. The van der Waals surface area contributed by atoms with Gasteiger partial charge in [-0.3, -0.25) is 4.57 Å². The molecule has 0 amide bonds. The Kier molecular flexibility index (Phi) is 4.45. The fourth-order valence-electron chi connectivity index (χ4n) is 4.01. The van der Waals surface area contributed by atoms with Gasteiger partial charge in [-0.05, 0) is 43.0 Å². The van der Waals surface area contributed by atoms with Crippen LogP contribution >= 0.6 is 0 Å². The maximum absolute atomic E-state index is 12.4. The number of aromatic nitrogens is 1. The molecule has 1 fully saturated rings. The summed E-state index contributed by atoms with van der Waals surface area (Å²) in [5, 5.41) is 0. The zero-order valence-electron chi connectivity index (χ0n) is 14.6. The van der Waals surface area contributed by atoms with E-state index >= 15 is 0 Å². The summed E-state index contributed by atoms with van der Waals surface area (Å²) in [5.41, 5.74) is 2.97. The van der Waals surface area contributed by atoms with E-state index in [0.29, 0.717) is 11.5 Å². The van der Waals surface area contributed by atoms with Gasteiger partial charge in [-0.25, -0.2) is 4.79 Å². The average molecular weight is 336 g/mol. The van der Waals surface area contributed by atoms with Crippen molar-refractivity contribution in [2.75, 3.05) is 19.6 Å². The summed E-state index contributed by atoms with van der Waals surface area (Å²) in [6.45, 7) is 5.29. The predicted molar refractivity (Wildman–Crippen MR) is 100 cm³/mol. The smallest absolute Gasteiger partial charge is 0.408 e. The van der Waals surface area contributed by atoms with Gasteiger partial charge in [0.1, 0.15) is 0 Å². The largest absolute Gasteiger partial charge is 0.420 e. The Morgan fingerprint density at radius 2 is 1.88 bits per heavy atom. The van der Waals surface area contributed by atoms with Crippen LogP contribution in [0, 0.1) is 0 Å². The molecular formula is C21H24N2O2. The number of piperidine rings is 1. The lowest BCUT2D eigenvalue weighted by molar-refractivity contribution is 0.168. The number of benzene rings is 2. The molecule has 2 aromatic carbocycles. The molecule has 2 heterocycles. The second kappa shape index (κ2) is 6.89. The molecule has 1 aromatic heterocycles. The number of likely N-dealkylation sites (tertiary alicyclic amines) is 1. The second-order valence-corrected chi connectivity index (χ2v) is 7.07. The number of nitrogens with zero attached hydrogens (tertiary/aromatic N) is 2. The average Bonchev–Trinajstić information content (AvgIpc) is 2.98. The molecule has 3 aromatic rings. The molecule has 4 nitrogen and oxygen atoms in total. The normalized spacial score (nSPS) is 20.0. The third-order valence-electron chi connectivity index (χ3n) is 5.27. The van der Waals surface area contributed by atoms with Gasteiger partial charge in [0.25, 0.3) is 0 Å². The molecular weight excluding hydrogens is 312 g/mol. The Morgan fingerprint density at radius 3 is 2.72 bits per heavy atom. The van der Waals surface area contributed by atoms with Crippen LogP contribution in [0.4, 0.5) is 0 Å². The van der Waals surface area contributed by atoms with Crippen molar-refractivity contribution in [3.63, 3.8) is 0 Å². The minimum Gasteiger partial charge on any atom is -0.408 e. The monoisotopic (exact) mass is 336 g/mol. The van der Waals surface area contributed by atoms with E-state index in [9.17, 15) is 4.79 Å². The minimum absolute atomic E-state index is 0.188. The van der Waals surface area contributed by atoms with Crippen LogP contribution in [-0.4, -0.2) is 29.1 Å². The van der Waals surface area contributed by atoms with Crippen LogP contribution < -0.4 is 5.76 Å². The lowest BCUT2D eigenvalue weighted by Gasteiger charge is -2.34. The highest BCUT2D eigenvalue weighted by molar-refractivity contribution is 5.72. The first-order chi connectivity index (χ1) is 12.2. The molecule has 0 aliphatic carbocycles. The van der Waals surface area contributed by atoms with Crippen LogP contribution in [0.5, 0.6) is 0 Å². The van der Waals surface area contributed by atoms with E-state index in [1.807, 2.05) is 28.8 Å². The Balaban J connectivity index is 1.53. The van der Waals surface area contributed by atoms with Crippen molar-refractivity contribution in [2.24, 2.45) is 0 Å². The van der Waals surface area contributed by atoms with Gasteiger partial charge >= 0.3 is 5.76 Å². The van der Waals surface area contributed by atoms with Crippen LogP contribution in [0.3, 0.4) is 0 Å². The Hall–Kier alpha value is -2.33. The van der Waals surface area contributed by atoms with E-state index in [1.54, 1.807) is 0 Å². The fraction of sp³-hybridized carbons (Fsp3) is 0.381. The van der Waals surface area contributed by atoms with E-state index in [2.05, 4.69) is 42.2 Å². The molecule has 0 unspecified atom stereocenters. The first kappa shape index (κ1) is 16.2. The summed E-state index contributed by atoms with van der Waals surface area (Å²) < 4.78 is 7.28. The highest BCUT2D eigenvalue weighted by Gasteiger charge is 2.26. The first-order valence-corrected chi connectivity index (χ1v) is 9.10. The van der Waals surface area contributed by atoms with Crippen LogP contribution in [0.25, 0.3) is 11.1 Å². The predicted octanol–water partition coefficient (Wildman–Crippen LogP) is 4.04. The topological polar surface area (TPSA) is 38.4 Å². The molecule has 2 atom stereocenters. The van der Waals surface area contributed by atoms with Crippen molar-refractivity contribution < 1.29 is 4.42 Å². The van der Waals surface area contributed by atoms with Crippen LogP contribution in [-0.2, 0) is 0 Å². The van der Waals surface area contributed by atoms with Crippen LogP contribution in [0.15, 0.2) is 63.8 Å². The van der Waals surface area contributed by atoms with Gasteiger partial charge in [0.15, 0.2) is 5.58 Å². The molecule has 0 bridgehead atoms. The van der Waals surface area contributed by atoms with Gasteiger partial charge in [0.05, 0.1) is 11.6 Å². The zero-order chi connectivity index (χ0) is 17.2. The van der Waals surface area contributed by atoms with Crippen molar-refractivity contribution in [3.8, 4) is 0 Å². The third-order valence-corrected chi connectivity index (χ3v) is 5.27. The van der Waals surface area contributed by atoms with Crippen molar-refractivity contribution in [3.05, 3.63) is 70.7 Å². The summed E-state index contributed by atoms with van der Waals surface area (Å²) in [5.74, 6) is 0.252. The molecule has 4 heteroatoms. The lowest BCUT2D eigenvalue weighted by atomic mass is 9.98. The molecule has 4 rings (SSSR count). The van der Waals surface area contributed by atoms with Gasteiger partial charge < -0.3 is 9.32 Å². The van der Waals surface area contributed by atoms with E-state index in [1.165, 1.54) is 5.56 Å². The number of hydrogen-bond donors (Lipinski definition) is 0. The molecule has 0 saturated carbocycles. The van der Waals surface area contributed by atoms with Crippen molar-refractivity contribution in [2.45, 2.75) is 31.7 Å². The maximum atomic E-state index is 12.4. The van der Waals surface area contributed by atoms with Gasteiger partial charge in [0, 0.05) is 13.1 Å². The van der Waals surface area contributed by atoms with E-state index in [-0.39, 0.29) is 11.8 Å². The number of oxazole rings is 1. The molecule has 0 radical (unpaired) electrons. The summed E-state index contributed by atoms with van der Waals surface area (Å²) in [4.78, 5) is 14.9. The van der Waals surface area contributed by atoms with Crippen molar-refractivity contribution >= 4 is 11.1 Å². The molecule has 0 N–H and O–H groups in total. The number of hydrogen-bond acceptors (Lipinski definition) is 3. The van der Waals surface area contributed by atoms with Crippen molar-refractivity contribution in [1.82, 2.24) is 9.47 Å². The summed E-state index contributed by atoms with van der Waals surface area (Å²) in [7, 11) is 0. The maximum Gasteiger partial charge on any atom is 0.420 e. The summed E-state index contributed by atoms with van der Waals surface area (Å²) in [6, 6.07) is 18.6. The standard InChI is InChI=1S/C21H24N2O2/c1-16(17-8-3-2-4-9-17)14-22-13-7-10-18(15-22)23-19-11-5-6-12-20(19)25-21(23)24/h2-6,8-9,11-12,16,18H,7,10,13-15H2,1H3/t16-,18+/m0/s1. The summed E-state index contributed by atoms with van der Waals surface area (Å²) >= 11 is 0. The Bertz CT molecular complexity index is 897. The molecule has 1 aliphatic rings. The van der Waals surface area contributed by atoms with Gasteiger partial charge in [0.2, 0.25) is 0 Å². The van der Waals surface area contributed by atoms with Gasteiger partial charge in [-0.2, -0.15) is 0 Å². The van der Waals surface area contributed by atoms with E-state index < -0.39 is 0 Å². The summed E-state index contributed by atoms with van der Waals surface area (Å²) in [6.07, 6.45) is 2.14.